The fourth-order valence-electron chi connectivity index (χ4n) is 3.29. The van der Waals surface area contributed by atoms with E-state index in [2.05, 4.69) is 29.4 Å². The summed E-state index contributed by atoms with van der Waals surface area (Å²) in [4.78, 5) is 18.8. The molecule has 2 heterocycles. The lowest BCUT2D eigenvalue weighted by atomic mass is 9.89. The zero-order chi connectivity index (χ0) is 21.3. The van der Waals surface area contributed by atoms with Crippen molar-refractivity contribution in [3.63, 3.8) is 0 Å². The number of halogens is 1. The summed E-state index contributed by atoms with van der Waals surface area (Å²) in [5, 5.41) is 6.18. The first-order valence-corrected chi connectivity index (χ1v) is 10.9. The molecule has 2 rings (SSSR count). The van der Waals surface area contributed by atoms with Crippen LogP contribution in [-0.2, 0) is 14.2 Å². The van der Waals surface area contributed by atoms with Gasteiger partial charge < -0.3 is 29.7 Å². The molecule has 30 heavy (non-hydrogen) atoms. The zero-order valence-electron chi connectivity index (χ0n) is 19.3. The van der Waals surface area contributed by atoms with E-state index in [-0.39, 0.29) is 41.6 Å². The number of carbonyl (C=O) groups is 1. The van der Waals surface area contributed by atoms with Crippen LogP contribution in [0.4, 0.5) is 4.79 Å². The van der Waals surface area contributed by atoms with E-state index in [1.165, 1.54) is 0 Å². The number of nitrogens with zero attached hydrogens (tertiary/aromatic N) is 2. The number of alkyl carbamates (subject to hydrolysis) is 1. The number of amides is 1. The Morgan fingerprint density at radius 1 is 1.23 bits per heavy atom. The molecule has 0 bridgehead atoms. The zero-order valence-corrected chi connectivity index (χ0v) is 21.6. The molecule has 0 aromatic rings. The minimum atomic E-state index is -0.466. The molecule has 8 nitrogen and oxygen atoms in total. The highest BCUT2D eigenvalue weighted by molar-refractivity contribution is 14.0. The highest BCUT2D eigenvalue weighted by atomic mass is 127. The van der Waals surface area contributed by atoms with Gasteiger partial charge in [0.15, 0.2) is 5.96 Å². The van der Waals surface area contributed by atoms with Crippen LogP contribution in [0.25, 0.3) is 0 Å². The van der Waals surface area contributed by atoms with Crippen molar-refractivity contribution in [1.29, 1.82) is 0 Å². The number of piperidine rings is 1. The Morgan fingerprint density at radius 2 is 1.90 bits per heavy atom. The quantitative estimate of drug-likeness (QED) is 0.213. The van der Waals surface area contributed by atoms with Crippen molar-refractivity contribution in [1.82, 2.24) is 15.5 Å². The number of ether oxygens (including phenoxy) is 3. The van der Waals surface area contributed by atoms with Crippen LogP contribution < -0.4 is 10.6 Å². The van der Waals surface area contributed by atoms with Gasteiger partial charge in [-0.2, -0.15) is 0 Å². The van der Waals surface area contributed by atoms with Crippen LogP contribution in [0.5, 0.6) is 0 Å². The number of hydrogen-bond acceptors (Lipinski definition) is 5. The van der Waals surface area contributed by atoms with Gasteiger partial charge in [-0.1, -0.05) is 6.92 Å². The van der Waals surface area contributed by atoms with Crippen LogP contribution in [0.2, 0.25) is 0 Å². The summed E-state index contributed by atoms with van der Waals surface area (Å²) in [7, 11) is 0. The molecular formula is C21H41IN4O4. The van der Waals surface area contributed by atoms with E-state index in [0.29, 0.717) is 13.2 Å². The molecule has 1 amide bonds. The van der Waals surface area contributed by atoms with E-state index in [1.807, 2.05) is 20.8 Å². The van der Waals surface area contributed by atoms with Crippen LogP contribution >= 0.6 is 24.0 Å². The Hall–Kier alpha value is -0.810. The molecule has 0 aromatic carbocycles. The summed E-state index contributed by atoms with van der Waals surface area (Å²) in [6.07, 6.45) is 2.66. The first-order valence-electron chi connectivity index (χ1n) is 10.9. The highest BCUT2D eigenvalue weighted by Crippen LogP contribution is 2.26. The van der Waals surface area contributed by atoms with E-state index < -0.39 is 5.60 Å². The number of likely N-dealkylation sites (tertiary alicyclic amines) is 1. The van der Waals surface area contributed by atoms with Crippen LogP contribution in [0.15, 0.2) is 4.99 Å². The third-order valence-corrected chi connectivity index (χ3v) is 4.93. The van der Waals surface area contributed by atoms with E-state index >= 15 is 0 Å². The lowest BCUT2D eigenvalue weighted by molar-refractivity contribution is -0.0946. The highest BCUT2D eigenvalue weighted by Gasteiger charge is 2.33. The molecule has 2 aliphatic heterocycles. The summed E-state index contributed by atoms with van der Waals surface area (Å²) < 4.78 is 16.5. The maximum atomic E-state index is 11.6. The fourth-order valence-corrected chi connectivity index (χ4v) is 3.29. The number of guanidine groups is 1. The van der Waals surface area contributed by atoms with Gasteiger partial charge in [0.25, 0.3) is 0 Å². The molecule has 0 saturated carbocycles. The van der Waals surface area contributed by atoms with Gasteiger partial charge in [0.2, 0.25) is 0 Å². The second-order valence-corrected chi connectivity index (χ2v) is 9.31. The van der Waals surface area contributed by atoms with E-state index in [9.17, 15) is 4.79 Å². The van der Waals surface area contributed by atoms with Crippen molar-refractivity contribution < 1.29 is 19.0 Å². The average molecular weight is 540 g/mol. The monoisotopic (exact) mass is 540 g/mol. The maximum Gasteiger partial charge on any atom is 0.407 e. The first-order chi connectivity index (χ1) is 13.7. The SMILES string of the molecule is CCNC(=NCC1(C)COC1)N1CCC(OCCCNC(=O)OC(C)(C)C)CC1.I. The number of carbonyl (C=O) groups excluding carboxylic acids is 1. The van der Waals surface area contributed by atoms with E-state index in [1.54, 1.807) is 0 Å². The van der Waals surface area contributed by atoms with Crippen molar-refractivity contribution in [3.05, 3.63) is 0 Å². The van der Waals surface area contributed by atoms with Gasteiger partial charge in [-0.05, 0) is 47.0 Å². The number of nitrogens with one attached hydrogen (secondary N) is 2. The van der Waals surface area contributed by atoms with Crippen molar-refractivity contribution in [2.45, 2.75) is 65.6 Å². The number of hydrogen-bond donors (Lipinski definition) is 2. The van der Waals surface area contributed by atoms with Crippen molar-refractivity contribution >= 4 is 36.0 Å². The Kier molecular flexibility index (Phi) is 11.7. The minimum Gasteiger partial charge on any atom is -0.444 e. The van der Waals surface area contributed by atoms with Gasteiger partial charge in [-0.3, -0.25) is 4.99 Å². The van der Waals surface area contributed by atoms with Crippen molar-refractivity contribution in [2.24, 2.45) is 10.4 Å². The van der Waals surface area contributed by atoms with Crippen molar-refractivity contribution in [3.8, 4) is 0 Å². The Labute approximate surface area is 198 Å². The Bertz CT molecular complexity index is 542. The third kappa shape index (κ3) is 10.00. The molecule has 0 spiro atoms. The first kappa shape index (κ1) is 27.2. The smallest absolute Gasteiger partial charge is 0.407 e. The topological polar surface area (TPSA) is 84.4 Å². The molecule has 9 heteroatoms. The second kappa shape index (κ2) is 12.9. The van der Waals surface area contributed by atoms with Crippen LogP contribution in [0.1, 0.15) is 53.9 Å². The largest absolute Gasteiger partial charge is 0.444 e. The summed E-state index contributed by atoms with van der Waals surface area (Å²) in [5.41, 5.74) is -0.276. The van der Waals surface area contributed by atoms with Crippen LogP contribution in [-0.4, -0.2) is 81.2 Å². The molecule has 0 aromatic heterocycles. The number of aliphatic imine (C=N–C) groups is 1. The molecule has 176 valence electrons. The summed E-state index contributed by atoms with van der Waals surface area (Å²) in [6.45, 7) is 16.3. The lowest BCUT2D eigenvalue weighted by Gasteiger charge is -2.38. The second-order valence-electron chi connectivity index (χ2n) is 9.31. The van der Waals surface area contributed by atoms with Gasteiger partial charge in [0, 0.05) is 38.2 Å². The summed E-state index contributed by atoms with van der Waals surface area (Å²) in [6, 6.07) is 0. The molecule has 0 aliphatic carbocycles. The Morgan fingerprint density at radius 3 is 2.43 bits per heavy atom. The number of rotatable bonds is 8. The van der Waals surface area contributed by atoms with Crippen LogP contribution in [0, 0.1) is 5.41 Å². The molecule has 0 radical (unpaired) electrons. The summed E-state index contributed by atoms with van der Waals surface area (Å²) >= 11 is 0. The van der Waals surface area contributed by atoms with Gasteiger partial charge in [-0.15, -0.1) is 24.0 Å². The normalized spacial score (nSPS) is 19.5. The standard InChI is InChI=1S/C21H40N4O4.HI/c1-6-22-18(24-14-21(5)15-27-16-21)25-11-8-17(9-12-25)28-13-7-10-23-19(26)29-20(2,3)4;/h17H,6-16H2,1-5H3,(H,22,24)(H,23,26);1H. The van der Waals surface area contributed by atoms with E-state index in [4.69, 9.17) is 19.2 Å². The molecule has 2 fully saturated rings. The maximum absolute atomic E-state index is 11.6. The molecule has 2 N–H and O–H groups in total. The minimum absolute atomic E-state index is 0. The van der Waals surface area contributed by atoms with Crippen molar-refractivity contribution in [2.75, 3.05) is 52.5 Å². The molecule has 2 saturated heterocycles. The predicted octanol–water partition coefficient (Wildman–Crippen LogP) is 3.00. The van der Waals surface area contributed by atoms with Gasteiger partial charge >= 0.3 is 6.09 Å². The average Bonchev–Trinajstić information content (AvgIpc) is 2.62. The van der Waals surface area contributed by atoms with Gasteiger partial charge in [0.05, 0.1) is 25.9 Å². The molecule has 0 atom stereocenters. The van der Waals surface area contributed by atoms with Gasteiger partial charge in [-0.25, -0.2) is 4.79 Å². The van der Waals surface area contributed by atoms with Gasteiger partial charge in [0.1, 0.15) is 5.60 Å². The third-order valence-electron chi connectivity index (χ3n) is 4.93. The molecular weight excluding hydrogens is 499 g/mol. The predicted molar refractivity (Wildman–Crippen MR) is 130 cm³/mol. The summed E-state index contributed by atoms with van der Waals surface area (Å²) in [5.74, 6) is 1.00. The van der Waals surface area contributed by atoms with Crippen LogP contribution in [0.3, 0.4) is 0 Å². The Balaban J connectivity index is 0.00000450. The molecule has 2 aliphatic rings. The lowest BCUT2D eigenvalue weighted by Crippen LogP contribution is -2.48. The fraction of sp³-hybridized carbons (Fsp3) is 0.905. The molecule has 0 unspecified atom stereocenters. The van der Waals surface area contributed by atoms with E-state index in [0.717, 1.165) is 64.6 Å².